The summed E-state index contributed by atoms with van der Waals surface area (Å²) in [6, 6.07) is 13.6. The third-order valence-electron chi connectivity index (χ3n) is 8.03. The first-order valence-corrected chi connectivity index (χ1v) is 17.9. The molecule has 20 nitrogen and oxygen atoms in total. The van der Waals surface area contributed by atoms with Crippen LogP contribution in [0.2, 0.25) is 0 Å². The van der Waals surface area contributed by atoms with E-state index in [1.54, 1.807) is 35.8 Å². The number of Topliss-reactive ketones (excluding diaryl/α,β-unsaturated/α-hetero) is 2. The smallest absolute Gasteiger partial charge is 0.320 e. The molecule has 2 aromatic carbocycles. The number of unbranched alkanes of at least 4 members (excludes halogenated alkanes) is 1. The van der Waals surface area contributed by atoms with E-state index >= 15 is 0 Å². The Labute approximate surface area is 322 Å². The van der Waals surface area contributed by atoms with Crippen LogP contribution in [0.25, 0.3) is 0 Å². The molecule has 2 aromatic rings. The summed E-state index contributed by atoms with van der Waals surface area (Å²) in [5.41, 5.74) is 14.3. The number of guanidine groups is 1. The van der Waals surface area contributed by atoms with Crippen molar-refractivity contribution in [1.82, 2.24) is 26.7 Å². The number of carbonyl (C=O) groups is 7. The number of hydrazine groups is 1. The van der Waals surface area contributed by atoms with Crippen molar-refractivity contribution < 1.29 is 48.4 Å². The Hall–Kier alpha value is -6.28. The Balaban J connectivity index is 2.18. The van der Waals surface area contributed by atoms with Gasteiger partial charge in [-0.05, 0) is 62.6 Å². The van der Waals surface area contributed by atoms with Crippen LogP contribution >= 0.6 is 0 Å². The van der Waals surface area contributed by atoms with Crippen LogP contribution in [-0.2, 0) is 51.3 Å². The van der Waals surface area contributed by atoms with Gasteiger partial charge in [-0.1, -0.05) is 66.1 Å². The van der Waals surface area contributed by atoms with Crippen LogP contribution in [0.5, 0.6) is 0 Å². The molecule has 0 aromatic heterocycles. The molecular weight excluding hydrogens is 734 g/mol. The number of carbonyl (C=O) groups excluding carboxylic acids is 6. The molecule has 20 heteroatoms. The molecule has 3 amide bonds. The Bertz CT molecular complexity index is 1660. The number of nitrogens with one attached hydrogen (secondary N) is 5. The van der Waals surface area contributed by atoms with Crippen LogP contribution in [0.4, 0.5) is 0 Å². The summed E-state index contributed by atoms with van der Waals surface area (Å²) in [7, 11) is 0. The van der Waals surface area contributed by atoms with Crippen molar-refractivity contribution in [3.63, 3.8) is 0 Å². The van der Waals surface area contributed by atoms with E-state index in [0.29, 0.717) is 18.4 Å². The first-order valence-electron chi connectivity index (χ1n) is 17.9. The van der Waals surface area contributed by atoms with Crippen LogP contribution in [-0.4, -0.2) is 102 Å². The van der Waals surface area contributed by atoms with Gasteiger partial charge in [-0.25, -0.2) is 15.1 Å². The lowest BCUT2D eigenvalue weighted by molar-refractivity contribution is -0.525. The predicted octanol–water partition coefficient (Wildman–Crippen LogP) is -0.975. The van der Waals surface area contributed by atoms with E-state index in [1.165, 1.54) is 0 Å². The summed E-state index contributed by atoms with van der Waals surface area (Å²) in [5.74, 6) is -7.98. The molecular formula is C36H49N9O11. The van der Waals surface area contributed by atoms with E-state index in [0.717, 1.165) is 5.56 Å². The number of aliphatic imine (C=N–C) groups is 1. The minimum Gasteiger partial charge on any atom is -0.481 e. The number of nitro groups is 1. The number of esters is 1. The summed E-state index contributed by atoms with van der Waals surface area (Å²) in [6.07, 6.45) is 0.00504. The fraction of sp³-hybridized carbons (Fsp3) is 0.444. The molecule has 56 heavy (non-hydrogen) atoms. The number of ketones is 2. The zero-order valence-corrected chi connectivity index (χ0v) is 30.8. The molecule has 0 aliphatic rings. The van der Waals surface area contributed by atoms with Gasteiger partial charge in [0.05, 0.1) is 24.7 Å². The number of nitrogens with two attached hydrogens (primary N) is 2. The zero-order chi connectivity index (χ0) is 41.3. The normalized spacial score (nSPS) is 12.6. The van der Waals surface area contributed by atoms with Crippen LogP contribution in [0.15, 0.2) is 65.7 Å². The lowest BCUT2D eigenvalue weighted by Gasteiger charge is -2.23. The molecule has 0 radical (unpaired) electrons. The SMILES string of the molecule is NCCCC[C@H](NC(=O)[C@H](CCC(=O)O)NCC(=O)OCc1ccccc1)C(=O)C(=O)N[C@@H](CCCN=C(N)N[N+](=O)[O-])C(=O)C(=O)NCCc1ccccc1. The molecule has 0 saturated heterocycles. The number of carboxylic acids is 1. The van der Waals surface area contributed by atoms with E-state index in [1.807, 2.05) is 30.3 Å². The molecule has 0 saturated carbocycles. The second kappa shape index (κ2) is 25.7. The number of carboxylic acid groups (broad SMARTS) is 1. The van der Waals surface area contributed by atoms with Crippen molar-refractivity contribution in [1.29, 1.82) is 0 Å². The molecule has 10 N–H and O–H groups in total. The highest BCUT2D eigenvalue weighted by Gasteiger charge is 2.33. The van der Waals surface area contributed by atoms with Gasteiger partial charge >= 0.3 is 11.9 Å². The van der Waals surface area contributed by atoms with Crippen molar-refractivity contribution in [2.24, 2.45) is 16.5 Å². The molecule has 2 rings (SSSR count). The summed E-state index contributed by atoms with van der Waals surface area (Å²) >= 11 is 0. The first kappa shape index (κ1) is 45.9. The number of hydrogen-bond donors (Lipinski definition) is 8. The lowest BCUT2D eigenvalue weighted by atomic mass is 10.0. The summed E-state index contributed by atoms with van der Waals surface area (Å²) in [4.78, 5) is 105. The molecule has 0 aliphatic carbocycles. The van der Waals surface area contributed by atoms with Gasteiger partial charge in [-0.3, -0.25) is 38.9 Å². The fourth-order valence-corrected chi connectivity index (χ4v) is 5.11. The van der Waals surface area contributed by atoms with Crippen molar-refractivity contribution in [2.75, 3.05) is 26.2 Å². The van der Waals surface area contributed by atoms with Crippen LogP contribution in [0.3, 0.4) is 0 Å². The number of ether oxygens (including phenoxy) is 1. The quantitative estimate of drug-likeness (QED) is 0.0103. The zero-order valence-electron chi connectivity index (χ0n) is 30.8. The van der Waals surface area contributed by atoms with Crippen molar-refractivity contribution in [3.8, 4) is 0 Å². The molecule has 3 atom stereocenters. The standard InChI is InChI=1S/C36H49N9O11/c37-19-8-7-14-26(42-33(51)28(16-17-29(46)47)41-22-30(48)56-23-25-12-5-2-6-13-25)32(50)35(53)43-27(15-9-20-40-36(38)44-45(54)55)31(49)34(52)39-21-18-24-10-3-1-4-11-24/h1-6,10-13,26-28,41H,7-9,14-23,37H2,(H,39,52)(H,42,51)(H,43,53)(H,46,47)(H3,38,40,44)/t26-,27-,28-/m0/s1. The summed E-state index contributed by atoms with van der Waals surface area (Å²) < 4.78 is 5.21. The third-order valence-corrected chi connectivity index (χ3v) is 8.03. The van der Waals surface area contributed by atoms with Gasteiger partial charge in [0.25, 0.3) is 17.8 Å². The van der Waals surface area contributed by atoms with Crippen molar-refractivity contribution in [2.45, 2.75) is 76.1 Å². The minimum absolute atomic E-state index is 0.0103. The van der Waals surface area contributed by atoms with Crippen molar-refractivity contribution in [3.05, 3.63) is 81.9 Å². The van der Waals surface area contributed by atoms with Crippen LogP contribution < -0.4 is 38.2 Å². The van der Waals surface area contributed by atoms with Gasteiger partial charge < -0.3 is 37.3 Å². The van der Waals surface area contributed by atoms with E-state index in [4.69, 9.17) is 16.2 Å². The number of rotatable bonds is 27. The largest absolute Gasteiger partial charge is 0.481 e. The second-order valence-corrected chi connectivity index (χ2v) is 12.4. The minimum atomic E-state index is -1.55. The van der Waals surface area contributed by atoms with E-state index in [2.05, 4.69) is 26.3 Å². The topological polar surface area (TPSA) is 317 Å². The average molecular weight is 784 g/mol. The molecule has 0 bridgehead atoms. The Morgan fingerprint density at radius 3 is 2.04 bits per heavy atom. The Morgan fingerprint density at radius 1 is 0.804 bits per heavy atom. The van der Waals surface area contributed by atoms with E-state index < -0.39 is 83.3 Å². The second-order valence-electron chi connectivity index (χ2n) is 12.4. The Morgan fingerprint density at radius 2 is 1.41 bits per heavy atom. The van der Waals surface area contributed by atoms with Gasteiger partial charge in [-0.15, -0.1) is 0 Å². The molecule has 0 fully saturated rings. The number of amides is 3. The number of hydrogen-bond acceptors (Lipinski definition) is 13. The Kier molecular flexibility index (Phi) is 21.0. The molecule has 0 heterocycles. The number of nitrogens with zero attached hydrogens (tertiary/aromatic N) is 2. The molecule has 304 valence electrons. The lowest BCUT2D eigenvalue weighted by Crippen LogP contribution is -2.56. The maximum atomic E-state index is 13.6. The third kappa shape index (κ3) is 18.7. The van der Waals surface area contributed by atoms with Gasteiger partial charge in [0.1, 0.15) is 6.61 Å². The van der Waals surface area contributed by atoms with E-state index in [9.17, 15) is 48.8 Å². The van der Waals surface area contributed by atoms with Gasteiger partial charge in [0.2, 0.25) is 17.5 Å². The highest BCUT2D eigenvalue weighted by Crippen LogP contribution is 2.08. The average Bonchev–Trinajstić information content (AvgIpc) is 3.17. The van der Waals surface area contributed by atoms with Gasteiger partial charge in [0, 0.05) is 19.5 Å². The van der Waals surface area contributed by atoms with Crippen molar-refractivity contribution >= 4 is 47.2 Å². The molecule has 0 unspecified atom stereocenters. The number of aliphatic carboxylic acids is 1. The predicted molar refractivity (Wildman–Crippen MR) is 201 cm³/mol. The number of benzene rings is 2. The summed E-state index contributed by atoms with van der Waals surface area (Å²) in [6.45, 7) is -0.364. The fourth-order valence-electron chi connectivity index (χ4n) is 5.11. The van der Waals surface area contributed by atoms with Gasteiger partial charge in [-0.2, -0.15) is 0 Å². The maximum Gasteiger partial charge on any atom is 0.320 e. The highest BCUT2D eigenvalue weighted by atomic mass is 16.7. The molecule has 0 aliphatic heterocycles. The van der Waals surface area contributed by atoms with E-state index in [-0.39, 0.29) is 58.3 Å². The molecule has 0 spiro atoms. The monoisotopic (exact) mass is 783 g/mol. The maximum absolute atomic E-state index is 13.6. The first-order chi connectivity index (χ1) is 26.8. The highest BCUT2D eigenvalue weighted by molar-refractivity contribution is 6.42. The summed E-state index contributed by atoms with van der Waals surface area (Å²) in [5, 5.41) is 28.8. The van der Waals surface area contributed by atoms with Crippen LogP contribution in [0.1, 0.15) is 56.1 Å². The van der Waals surface area contributed by atoms with Gasteiger partial charge in [0.15, 0.2) is 5.03 Å². The van der Waals surface area contributed by atoms with Crippen LogP contribution in [0, 0.1) is 10.1 Å².